The number of allylic oxidation sites excluding steroid dienone is 2. The third-order valence-corrected chi connectivity index (χ3v) is 5.04. The number of benzene rings is 1. The molecule has 1 aliphatic rings. The fraction of sp³-hybridized carbons (Fsp3) is 0.417. The Morgan fingerprint density at radius 2 is 2.07 bits per heavy atom. The average Bonchev–Trinajstić information content (AvgIpc) is 3.14. The maximum absolute atomic E-state index is 12.9. The van der Waals surface area contributed by atoms with E-state index in [0.717, 1.165) is 25.0 Å². The molecule has 150 valence electrons. The van der Waals surface area contributed by atoms with Crippen LogP contribution in [0.2, 0.25) is 0 Å². The Kier molecular flexibility index (Phi) is 8.73. The Bertz CT molecular complexity index is 721. The number of unbranched alkanes of at least 4 members (excludes halogenated alkanes) is 2. The van der Waals surface area contributed by atoms with E-state index >= 15 is 0 Å². The number of hydrogen-bond acceptors (Lipinski definition) is 3. The first kappa shape index (κ1) is 21.7. The highest BCUT2D eigenvalue weighted by molar-refractivity contribution is 6.39. The smallest absolute Gasteiger partial charge is 0.268 e. The summed E-state index contributed by atoms with van der Waals surface area (Å²) in [5, 5.41) is 9.86. The van der Waals surface area contributed by atoms with Gasteiger partial charge in [0.25, 0.3) is 5.91 Å². The molecule has 1 N–H and O–H groups in total. The lowest BCUT2D eigenvalue weighted by molar-refractivity contribution is -0.115. The molecule has 2 unspecified atom stereocenters. The van der Waals surface area contributed by atoms with Gasteiger partial charge in [-0.25, -0.2) is 0 Å². The number of rotatable bonds is 11. The van der Waals surface area contributed by atoms with Crippen LogP contribution in [0.25, 0.3) is 0 Å². The molecule has 2 atom stereocenters. The Balaban J connectivity index is 2.10. The first-order chi connectivity index (χ1) is 13.6. The van der Waals surface area contributed by atoms with Crippen LogP contribution in [0.3, 0.4) is 0 Å². The second-order valence-corrected chi connectivity index (χ2v) is 7.18. The van der Waals surface area contributed by atoms with Gasteiger partial charge in [0.05, 0.1) is 12.1 Å². The van der Waals surface area contributed by atoms with Gasteiger partial charge in [-0.1, -0.05) is 74.9 Å². The minimum Gasteiger partial charge on any atom is -0.344 e. The molecule has 1 heterocycles. The van der Waals surface area contributed by atoms with Gasteiger partial charge in [0.1, 0.15) is 5.71 Å². The van der Waals surface area contributed by atoms with Gasteiger partial charge in [0, 0.05) is 13.0 Å². The van der Waals surface area contributed by atoms with Crippen LogP contribution in [0.1, 0.15) is 57.6 Å². The zero-order chi connectivity index (χ0) is 20.4. The summed E-state index contributed by atoms with van der Waals surface area (Å²) in [4.78, 5) is 12.9. The van der Waals surface area contributed by atoms with Crippen molar-refractivity contribution >= 4 is 11.6 Å². The second-order valence-electron chi connectivity index (χ2n) is 7.18. The molecule has 0 bridgehead atoms. The minimum absolute atomic E-state index is 0.0993. The fourth-order valence-electron chi connectivity index (χ4n) is 3.41. The van der Waals surface area contributed by atoms with E-state index in [2.05, 4.69) is 42.5 Å². The molecule has 1 amide bonds. The molecule has 0 saturated heterocycles. The van der Waals surface area contributed by atoms with E-state index in [0.29, 0.717) is 12.1 Å². The number of carbonyl (C=O) groups is 1. The maximum atomic E-state index is 12.9. The quantitative estimate of drug-likeness (QED) is 0.327. The summed E-state index contributed by atoms with van der Waals surface area (Å²) in [6, 6.07) is 10.3. The monoisotopic (exact) mass is 379 g/mol. The molecule has 2 rings (SSSR count). The maximum Gasteiger partial charge on any atom is 0.268 e. The Morgan fingerprint density at radius 3 is 2.71 bits per heavy atom. The highest BCUT2D eigenvalue weighted by Gasteiger charge is 2.31. The van der Waals surface area contributed by atoms with Crippen molar-refractivity contribution in [2.24, 2.45) is 5.10 Å². The van der Waals surface area contributed by atoms with Crippen molar-refractivity contribution in [2.45, 2.75) is 58.0 Å². The van der Waals surface area contributed by atoms with Crippen molar-refractivity contribution in [2.75, 3.05) is 6.54 Å². The molecule has 1 aliphatic heterocycles. The van der Waals surface area contributed by atoms with Crippen LogP contribution >= 0.6 is 0 Å². The van der Waals surface area contributed by atoms with Gasteiger partial charge in [-0.05, 0) is 30.9 Å². The summed E-state index contributed by atoms with van der Waals surface area (Å²) in [7, 11) is 0. The normalized spacial score (nSPS) is 17.8. The predicted octanol–water partition coefficient (Wildman–Crippen LogP) is 5.17. The molecule has 0 aromatic heterocycles. The molecule has 0 aliphatic carbocycles. The van der Waals surface area contributed by atoms with Crippen LogP contribution in [0.4, 0.5) is 0 Å². The lowest BCUT2D eigenvalue weighted by Gasteiger charge is -2.23. The molecule has 0 saturated carbocycles. The minimum atomic E-state index is -0.114. The highest BCUT2D eigenvalue weighted by Crippen LogP contribution is 2.31. The predicted molar refractivity (Wildman–Crippen MR) is 118 cm³/mol. The van der Waals surface area contributed by atoms with Gasteiger partial charge in [0.2, 0.25) is 0 Å². The van der Waals surface area contributed by atoms with Crippen molar-refractivity contribution in [3.63, 3.8) is 0 Å². The summed E-state index contributed by atoms with van der Waals surface area (Å²) in [6.07, 6.45) is 10.5. The van der Waals surface area contributed by atoms with Gasteiger partial charge in [-0.3, -0.25) is 9.80 Å². The molecule has 4 heteroatoms. The number of hydrazone groups is 1. The van der Waals surface area contributed by atoms with Crippen LogP contribution in [-0.2, 0) is 4.79 Å². The second kappa shape index (κ2) is 11.3. The molecule has 0 spiro atoms. The zero-order valence-electron chi connectivity index (χ0n) is 17.2. The number of nitrogens with one attached hydrogen (secondary N) is 1. The van der Waals surface area contributed by atoms with Crippen LogP contribution in [-0.4, -0.2) is 29.2 Å². The van der Waals surface area contributed by atoms with E-state index in [1.54, 1.807) is 6.08 Å². The van der Waals surface area contributed by atoms with E-state index in [9.17, 15) is 4.79 Å². The van der Waals surface area contributed by atoms with Crippen LogP contribution in [0.5, 0.6) is 0 Å². The van der Waals surface area contributed by atoms with Gasteiger partial charge in [-0.2, -0.15) is 5.10 Å². The van der Waals surface area contributed by atoms with Crippen LogP contribution < -0.4 is 5.32 Å². The van der Waals surface area contributed by atoms with Crippen molar-refractivity contribution in [1.82, 2.24) is 10.3 Å². The highest BCUT2D eigenvalue weighted by atomic mass is 16.2. The zero-order valence-corrected chi connectivity index (χ0v) is 17.2. The Hall–Kier alpha value is -2.62. The van der Waals surface area contributed by atoms with E-state index < -0.39 is 0 Å². The third kappa shape index (κ3) is 5.95. The molecular formula is C24H33N3O. The molecule has 0 radical (unpaired) electrons. The molecule has 1 aromatic carbocycles. The molecule has 4 nitrogen and oxygen atoms in total. The summed E-state index contributed by atoms with van der Waals surface area (Å²) in [5.74, 6) is -0.0993. The molecule has 28 heavy (non-hydrogen) atoms. The molecule has 0 fully saturated rings. The van der Waals surface area contributed by atoms with Crippen molar-refractivity contribution in [3.05, 3.63) is 72.9 Å². The number of carbonyl (C=O) groups excluding carboxylic acids is 1. The van der Waals surface area contributed by atoms with E-state index in [1.165, 1.54) is 18.4 Å². The number of amides is 1. The standard InChI is InChI=1S/C24H33N3O/c1-5-8-13-17-27-23(21-15-11-10-12-16-21)18-22(26-27)24(28)25-19(4)20(7-3)14-9-6-2/h6-7,10-12,14-16,19,23H,2-3,5,8-9,13,17-18H2,1,4H3,(H,25,28)/b20-14+. The summed E-state index contributed by atoms with van der Waals surface area (Å²) in [6.45, 7) is 12.6. The Morgan fingerprint density at radius 1 is 1.32 bits per heavy atom. The molecule has 1 aromatic rings. The van der Waals surface area contributed by atoms with Crippen molar-refractivity contribution in [3.8, 4) is 0 Å². The van der Waals surface area contributed by atoms with Crippen molar-refractivity contribution < 1.29 is 4.79 Å². The summed E-state index contributed by atoms with van der Waals surface area (Å²) in [5.41, 5.74) is 2.80. The Labute approximate surface area is 169 Å². The summed E-state index contributed by atoms with van der Waals surface area (Å²) >= 11 is 0. The lowest BCUT2D eigenvalue weighted by Crippen LogP contribution is -2.38. The average molecular weight is 380 g/mol. The lowest BCUT2D eigenvalue weighted by atomic mass is 10.0. The largest absolute Gasteiger partial charge is 0.344 e. The topological polar surface area (TPSA) is 44.7 Å². The van der Waals surface area contributed by atoms with Gasteiger partial charge >= 0.3 is 0 Å². The SMILES string of the molecule is C=CC/C=C(\C=C)C(C)NC(=O)C1=NN(CCCCC)C(c2ccccc2)C1. The number of hydrogen-bond donors (Lipinski definition) is 1. The van der Waals surface area contributed by atoms with Crippen LogP contribution in [0, 0.1) is 0 Å². The summed E-state index contributed by atoms with van der Waals surface area (Å²) < 4.78 is 0. The van der Waals surface area contributed by atoms with E-state index in [4.69, 9.17) is 5.10 Å². The van der Waals surface area contributed by atoms with E-state index in [-0.39, 0.29) is 18.0 Å². The van der Waals surface area contributed by atoms with E-state index in [1.807, 2.05) is 37.3 Å². The molecular weight excluding hydrogens is 346 g/mol. The fourth-order valence-corrected chi connectivity index (χ4v) is 3.41. The van der Waals surface area contributed by atoms with Gasteiger partial charge in [-0.15, -0.1) is 6.58 Å². The van der Waals surface area contributed by atoms with Gasteiger partial charge < -0.3 is 5.32 Å². The van der Waals surface area contributed by atoms with Gasteiger partial charge in [0.15, 0.2) is 0 Å². The number of nitrogens with zero attached hydrogens (tertiary/aromatic N) is 2. The van der Waals surface area contributed by atoms with Crippen molar-refractivity contribution in [1.29, 1.82) is 0 Å². The third-order valence-electron chi connectivity index (χ3n) is 5.04. The first-order valence-electron chi connectivity index (χ1n) is 10.2. The first-order valence-corrected chi connectivity index (χ1v) is 10.2. The van der Waals surface area contributed by atoms with Crippen LogP contribution in [0.15, 0.2) is 72.4 Å².